The number of benzene rings is 1. The summed E-state index contributed by atoms with van der Waals surface area (Å²) in [4.78, 5) is 11.5. The Labute approximate surface area is 126 Å². The summed E-state index contributed by atoms with van der Waals surface area (Å²) >= 11 is 11.0. The van der Waals surface area contributed by atoms with E-state index in [0.717, 1.165) is 5.69 Å². The first-order valence-corrected chi connectivity index (χ1v) is 6.68. The molecule has 0 fully saturated rings. The van der Waals surface area contributed by atoms with Crippen molar-refractivity contribution in [2.75, 3.05) is 11.9 Å². The van der Waals surface area contributed by atoms with Crippen LogP contribution in [0.5, 0.6) is 0 Å². The molecule has 0 aliphatic heterocycles. The van der Waals surface area contributed by atoms with Gasteiger partial charge in [-0.05, 0) is 49.5 Å². The van der Waals surface area contributed by atoms with Crippen LogP contribution in [0.15, 0.2) is 36.5 Å². The van der Waals surface area contributed by atoms with Gasteiger partial charge in [0, 0.05) is 16.9 Å². The fraction of sp³-hybridized carbons (Fsp3) is 0.154. The van der Waals surface area contributed by atoms with E-state index in [1.807, 2.05) is 0 Å². The van der Waals surface area contributed by atoms with E-state index in [9.17, 15) is 4.79 Å². The van der Waals surface area contributed by atoms with Gasteiger partial charge < -0.3 is 10.1 Å². The van der Waals surface area contributed by atoms with Crippen molar-refractivity contribution in [3.05, 3.63) is 47.2 Å². The number of ether oxygens (including phenoxy) is 1. The van der Waals surface area contributed by atoms with Crippen molar-refractivity contribution in [1.29, 1.82) is 0 Å². The van der Waals surface area contributed by atoms with Gasteiger partial charge in [0.25, 0.3) is 0 Å². The Bertz CT molecular complexity index is 625. The number of thiocarbonyl (C=S) groups is 1. The zero-order valence-corrected chi connectivity index (χ0v) is 12.2. The fourth-order valence-electron chi connectivity index (χ4n) is 1.46. The Morgan fingerprint density at radius 2 is 2.10 bits per heavy atom. The Balaban J connectivity index is 2.06. The molecule has 0 saturated carbocycles. The van der Waals surface area contributed by atoms with Crippen molar-refractivity contribution in [2.24, 2.45) is 0 Å². The number of anilines is 1. The van der Waals surface area contributed by atoms with Gasteiger partial charge in [0.1, 0.15) is 0 Å². The molecule has 1 aromatic carbocycles. The molecule has 0 radical (unpaired) electrons. The number of halogens is 1. The second kappa shape index (κ2) is 6.49. The summed E-state index contributed by atoms with van der Waals surface area (Å²) in [6.45, 7) is 2.04. The standard InChI is InChI=1S/C13H12ClN3O2S/c1-2-19-12(18)11-7-8-17(16-11)13(20)15-10-5-3-9(14)4-6-10/h3-8H,2H2,1H3,(H,15,20). The number of carbonyl (C=O) groups is 1. The molecule has 2 aromatic rings. The van der Waals surface area contributed by atoms with Crippen LogP contribution in [-0.2, 0) is 4.74 Å². The topological polar surface area (TPSA) is 56.1 Å². The van der Waals surface area contributed by atoms with Crippen LogP contribution < -0.4 is 5.32 Å². The van der Waals surface area contributed by atoms with Gasteiger partial charge in [-0.25, -0.2) is 9.48 Å². The Hall–Kier alpha value is -1.92. The molecule has 1 heterocycles. The van der Waals surface area contributed by atoms with Crippen molar-refractivity contribution < 1.29 is 9.53 Å². The summed E-state index contributed by atoms with van der Waals surface area (Å²) < 4.78 is 6.26. The van der Waals surface area contributed by atoms with E-state index >= 15 is 0 Å². The van der Waals surface area contributed by atoms with Crippen molar-refractivity contribution in [2.45, 2.75) is 6.92 Å². The summed E-state index contributed by atoms with van der Waals surface area (Å²) in [7, 11) is 0. The molecule has 0 spiro atoms. The van der Waals surface area contributed by atoms with Crippen molar-refractivity contribution in [3.63, 3.8) is 0 Å². The fourth-order valence-corrected chi connectivity index (χ4v) is 1.81. The van der Waals surface area contributed by atoms with E-state index in [0.29, 0.717) is 16.7 Å². The molecule has 0 aliphatic carbocycles. The molecule has 20 heavy (non-hydrogen) atoms. The van der Waals surface area contributed by atoms with Crippen LogP contribution in [0.25, 0.3) is 0 Å². The molecule has 2 rings (SSSR count). The number of esters is 1. The third-order valence-corrected chi connectivity index (χ3v) is 2.92. The third-order valence-electron chi connectivity index (χ3n) is 2.38. The lowest BCUT2D eigenvalue weighted by atomic mass is 10.3. The highest BCUT2D eigenvalue weighted by molar-refractivity contribution is 7.80. The third kappa shape index (κ3) is 3.55. The second-order valence-corrected chi connectivity index (χ2v) is 4.63. The summed E-state index contributed by atoms with van der Waals surface area (Å²) in [5.74, 6) is -0.472. The first kappa shape index (κ1) is 14.5. The lowest BCUT2D eigenvalue weighted by molar-refractivity contribution is 0.0519. The monoisotopic (exact) mass is 309 g/mol. The Kier molecular flexibility index (Phi) is 4.70. The minimum absolute atomic E-state index is 0.215. The molecule has 5 nitrogen and oxygen atoms in total. The molecular weight excluding hydrogens is 298 g/mol. The molecule has 0 aliphatic rings. The number of hydrogen-bond acceptors (Lipinski definition) is 4. The molecule has 0 unspecified atom stereocenters. The molecular formula is C13H12ClN3O2S. The zero-order chi connectivity index (χ0) is 14.5. The minimum atomic E-state index is -0.472. The Morgan fingerprint density at radius 1 is 1.40 bits per heavy atom. The van der Waals surface area contributed by atoms with Crippen LogP contribution >= 0.6 is 23.8 Å². The van der Waals surface area contributed by atoms with Gasteiger partial charge in [-0.2, -0.15) is 5.10 Å². The molecule has 1 N–H and O–H groups in total. The van der Waals surface area contributed by atoms with Gasteiger partial charge in [-0.3, -0.25) is 0 Å². The molecule has 7 heteroatoms. The van der Waals surface area contributed by atoms with Crippen LogP contribution in [0, 0.1) is 0 Å². The minimum Gasteiger partial charge on any atom is -0.461 e. The lowest BCUT2D eigenvalue weighted by Gasteiger charge is -2.07. The number of carbonyl (C=O) groups excluding carboxylic acids is 1. The van der Waals surface area contributed by atoms with Gasteiger partial charge in [0.05, 0.1) is 6.61 Å². The van der Waals surface area contributed by atoms with Crippen LogP contribution in [-0.4, -0.2) is 27.5 Å². The van der Waals surface area contributed by atoms with E-state index in [4.69, 9.17) is 28.6 Å². The maximum atomic E-state index is 11.5. The van der Waals surface area contributed by atoms with E-state index in [1.54, 1.807) is 43.5 Å². The predicted molar refractivity (Wildman–Crippen MR) is 81.3 cm³/mol. The smallest absolute Gasteiger partial charge is 0.358 e. The van der Waals surface area contributed by atoms with Crippen LogP contribution in [0.2, 0.25) is 5.02 Å². The van der Waals surface area contributed by atoms with E-state index in [1.165, 1.54) is 4.68 Å². The van der Waals surface area contributed by atoms with Crippen molar-refractivity contribution >= 4 is 40.6 Å². The van der Waals surface area contributed by atoms with Crippen LogP contribution in [0.4, 0.5) is 5.69 Å². The van der Waals surface area contributed by atoms with E-state index in [2.05, 4.69) is 10.4 Å². The molecule has 104 valence electrons. The summed E-state index contributed by atoms with van der Waals surface area (Å²) in [6, 6.07) is 8.64. The Morgan fingerprint density at radius 3 is 2.75 bits per heavy atom. The number of nitrogens with zero attached hydrogens (tertiary/aromatic N) is 2. The van der Waals surface area contributed by atoms with Gasteiger partial charge >= 0.3 is 5.97 Å². The highest BCUT2D eigenvalue weighted by Crippen LogP contribution is 2.13. The van der Waals surface area contributed by atoms with Gasteiger partial charge in [0.15, 0.2) is 10.8 Å². The predicted octanol–water partition coefficient (Wildman–Crippen LogP) is 2.96. The number of nitrogens with one attached hydrogen (secondary N) is 1. The van der Waals surface area contributed by atoms with Crippen molar-refractivity contribution in [3.8, 4) is 0 Å². The summed E-state index contributed by atoms with van der Waals surface area (Å²) in [6.07, 6.45) is 1.59. The maximum Gasteiger partial charge on any atom is 0.358 e. The van der Waals surface area contributed by atoms with Gasteiger partial charge in [0.2, 0.25) is 0 Å². The molecule has 1 aromatic heterocycles. The van der Waals surface area contributed by atoms with E-state index < -0.39 is 5.97 Å². The normalized spacial score (nSPS) is 10.1. The zero-order valence-electron chi connectivity index (χ0n) is 10.7. The SMILES string of the molecule is CCOC(=O)c1ccn(C(=S)Nc2ccc(Cl)cc2)n1. The summed E-state index contributed by atoms with van der Waals surface area (Å²) in [5.41, 5.74) is 1.000. The van der Waals surface area contributed by atoms with Crippen LogP contribution in [0.3, 0.4) is 0 Å². The van der Waals surface area contributed by atoms with E-state index in [-0.39, 0.29) is 5.69 Å². The average molecular weight is 310 g/mol. The van der Waals surface area contributed by atoms with Crippen molar-refractivity contribution in [1.82, 2.24) is 9.78 Å². The maximum absolute atomic E-state index is 11.5. The number of aromatic nitrogens is 2. The molecule has 0 atom stereocenters. The van der Waals surface area contributed by atoms with Crippen LogP contribution in [0.1, 0.15) is 17.4 Å². The van der Waals surface area contributed by atoms with Gasteiger partial charge in [-0.1, -0.05) is 11.6 Å². The largest absolute Gasteiger partial charge is 0.461 e. The number of hydrogen-bond donors (Lipinski definition) is 1. The molecule has 0 saturated heterocycles. The number of rotatable bonds is 3. The average Bonchev–Trinajstić information content (AvgIpc) is 2.91. The molecule has 0 amide bonds. The first-order valence-electron chi connectivity index (χ1n) is 5.90. The highest BCUT2D eigenvalue weighted by Gasteiger charge is 2.11. The first-order chi connectivity index (χ1) is 9.60. The lowest BCUT2D eigenvalue weighted by Crippen LogP contribution is -2.20. The quantitative estimate of drug-likeness (QED) is 0.698. The highest BCUT2D eigenvalue weighted by atomic mass is 35.5. The summed E-state index contributed by atoms with van der Waals surface area (Å²) in [5, 5.41) is 8.04. The molecule has 0 bridgehead atoms. The van der Waals surface area contributed by atoms with Gasteiger partial charge in [-0.15, -0.1) is 0 Å². The second-order valence-electron chi connectivity index (χ2n) is 3.80.